The molecule has 2 N–H and O–H groups in total. The van der Waals surface area contributed by atoms with Crippen LogP contribution in [0.3, 0.4) is 0 Å². The predicted octanol–water partition coefficient (Wildman–Crippen LogP) is 1.47. The van der Waals surface area contributed by atoms with Gasteiger partial charge in [-0.1, -0.05) is 6.42 Å². The Morgan fingerprint density at radius 1 is 1.25 bits per heavy atom. The van der Waals surface area contributed by atoms with Crippen LogP contribution in [-0.4, -0.2) is 55.0 Å². The minimum Gasteiger partial charge on any atom is -0.459 e. The summed E-state index contributed by atoms with van der Waals surface area (Å²) in [6, 6.07) is 1.83. The summed E-state index contributed by atoms with van der Waals surface area (Å²) in [4.78, 5) is 16.6. The SMILES string of the molecule is Cc1ccoc1C(=O)N1CCN(CCCCCN)CC1. The van der Waals surface area contributed by atoms with E-state index < -0.39 is 0 Å². The number of furan rings is 1. The van der Waals surface area contributed by atoms with Crippen LogP contribution in [0.25, 0.3) is 0 Å². The molecule has 2 rings (SSSR count). The zero-order chi connectivity index (χ0) is 14.4. The first-order valence-electron chi connectivity index (χ1n) is 7.48. The molecule has 20 heavy (non-hydrogen) atoms. The summed E-state index contributed by atoms with van der Waals surface area (Å²) in [5.41, 5.74) is 6.41. The van der Waals surface area contributed by atoms with E-state index in [4.69, 9.17) is 10.2 Å². The van der Waals surface area contributed by atoms with Crippen molar-refractivity contribution in [1.29, 1.82) is 0 Å². The minimum absolute atomic E-state index is 0.0234. The lowest BCUT2D eigenvalue weighted by atomic mass is 10.2. The second-order valence-electron chi connectivity index (χ2n) is 5.42. The maximum absolute atomic E-state index is 12.3. The first-order valence-corrected chi connectivity index (χ1v) is 7.48. The minimum atomic E-state index is 0.0234. The molecule has 0 unspecified atom stereocenters. The Labute approximate surface area is 120 Å². The van der Waals surface area contributed by atoms with Gasteiger partial charge in [-0.2, -0.15) is 0 Å². The predicted molar refractivity (Wildman–Crippen MR) is 78.7 cm³/mol. The van der Waals surface area contributed by atoms with Gasteiger partial charge in [-0.25, -0.2) is 0 Å². The number of carbonyl (C=O) groups is 1. The van der Waals surface area contributed by atoms with E-state index in [0.717, 1.165) is 51.3 Å². The second-order valence-corrected chi connectivity index (χ2v) is 5.42. The van der Waals surface area contributed by atoms with Crippen LogP contribution in [0.2, 0.25) is 0 Å². The van der Waals surface area contributed by atoms with Crippen LogP contribution in [0.15, 0.2) is 16.7 Å². The third kappa shape index (κ3) is 3.84. The maximum Gasteiger partial charge on any atom is 0.289 e. The molecule has 0 aliphatic carbocycles. The smallest absolute Gasteiger partial charge is 0.289 e. The van der Waals surface area contributed by atoms with Crippen LogP contribution < -0.4 is 5.73 Å². The summed E-state index contributed by atoms with van der Waals surface area (Å²) in [6.07, 6.45) is 5.08. The quantitative estimate of drug-likeness (QED) is 0.801. The zero-order valence-corrected chi connectivity index (χ0v) is 12.3. The molecule has 5 nitrogen and oxygen atoms in total. The van der Waals surface area contributed by atoms with Crippen molar-refractivity contribution in [3.8, 4) is 0 Å². The fourth-order valence-corrected chi connectivity index (χ4v) is 2.57. The summed E-state index contributed by atoms with van der Waals surface area (Å²) in [6.45, 7) is 7.28. The van der Waals surface area contributed by atoms with Crippen molar-refractivity contribution in [2.24, 2.45) is 5.73 Å². The van der Waals surface area contributed by atoms with Gasteiger partial charge in [0.2, 0.25) is 0 Å². The van der Waals surface area contributed by atoms with Gasteiger partial charge in [0.25, 0.3) is 5.91 Å². The second kappa shape index (κ2) is 7.45. The number of nitrogens with two attached hydrogens (primary N) is 1. The molecule has 0 bridgehead atoms. The van der Waals surface area contributed by atoms with Crippen LogP contribution in [0, 0.1) is 6.92 Å². The van der Waals surface area contributed by atoms with Crippen molar-refractivity contribution in [2.75, 3.05) is 39.3 Å². The van der Waals surface area contributed by atoms with Crippen molar-refractivity contribution >= 4 is 5.91 Å². The van der Waals surface area contributed by atoms with Gasteiger partial charge in [-0.05, 0) is 38.9 Å². The number of aryl methyl sites for hydroxylation is 1. The van der Waals surface area contributed by atoms with E-state index in [0.29, 0.717) is 5.76 Å². The van der Waals surface area contributed by atoms with E-state index in [9.17, 15) is 4.79 Å². The van der Waals surface area contributed by atoms with Gasteiger partial charge in [-0.15, -0.1) is 0 Å². The standard InChI is InChI=1S/C15H25N3O2/c1-13-5-12-20-14(13)15(19)18-10-8-17(9-11-18)7-4-2-3-6-16/h5,12H,2-4,6-11,16H2,1H3. The fourth-order valence-electron chi connectivity index (χ4n) is 2.57. The fraction of sp³-hybridized carbons (Fsp3) is 0.667. The van der Waals surface area contributed by atoms with Crippen molar-refractivity contribution in [3.63, 3.8) is 0 Å². The van der Waals surface area contributed by atoms with Crippen LogP contribution in [0.1, 0.15) is 35.4 Å². The number of nitrogens with zero attached hydrogens (tertiary/aromatic N) is 2. The number of piperazine rings is 1. The van der Waals surface area contributed by atoms with Gasteiger partial charge >= 0.3 is 0 Å². The van der Waals surface area contributed by atoms with Gasteiger partial charge in [0.15, 0.2) is 5.76 Å². The maximum atomic E-state index is 12.3. The summed E-state index contributed by atoms with van der Waals surface area (Å²) >= 11 is 0. The summed E-state index contributed by atoms with van der Waals surface area (Å²) in [5.74, 6) is 0.511. The van der Waals surface area contributed by atoms with E-state index in [2.05, 4.69) is 4.90 Å². The number of amides is 1. The van der Waals surface area contributed by atoms with Crippen LogP contribution in [0.5, 0.6) is 0 Å². The molecule has 1 aromatic rings. The number of rotatable bonds is 6. The number of unbranched alkanes of at least 4 members (excludes halogenated alkanes) is 2. The van der Waals surface area contributed by atoms with E-state index in [1.807, 2.05) is 17.9 Å². The molecular formula is C15H25N3O2. The van der Waals surface area contributed by atoms with Gasteiger partial charge in [0.1, 0.15) is 0 Å². The Balaban J connectivity index is 1.74. The third-order valence-electron chi connectivity index (χ3n) is 3.89. The van der Waals surface area contributed by atoms with Crippen LogP contribution in [-0.2, 0) is 0 Å². The van der Waals surface area contributed by atoms with Crippen molar-refractivity contribution in [1.82, 2.24) is 9.80 Å². The zero-order valence-electron chi connectivity index (χ0n) is 12.3. The summed E-state index contributed by atoms with van der Waals surface area (Å²) in [7, 11) is 0. The highest BCUT2D eigenvalue weighted by molar-refractivity contribution is 5.92. The molecule has 5 heteroatoms. The molecular weight excluding hydrogens is 254 g/mol. The number of hydrogen-bond acceptors (Lipinski definition) is 4. The Kier molecular flexibility index (Phi) is 5.61. The highest BCUT2D eigenvalue weighted by Gasteiger charge is 2.24. The lowest BCUT2D eigenvalue weighted by molar-refractivity contribution is 0.0603. The number of carbonyl (C=O) groups excluding carboxylic acids is 1. The lowest BCUT2D eigenvalue weighted by Gasteiger charge is -2.34. The molecule has 0 atom stereocenters. The Morgan fingerprint density at radius 2 is 2.00 bits per heavy atom. The monoisotopic (exact) mass is 279 g/mol. The largest absolute Gasteiger partial charge is 0.459 e. The van der Waals surface area contributed by atoms with E-state index in [1.165, 1.54) is 12.8 Å². The highest BCUT2D eigenvalue weighted by atomic mass is 16.3. The summed E-state index contributed by atoms with van der Waals surface area (Å²) < 4.78 is 5.28. The highest BCUT2D eigenvalue weighted by Crippen LogP contribution is 2.14. The Bertz CT molecular complexity index is 423. The molecule has 1 fully saturated rings. The van der Waals surface area contributed by atoms with Crippen LogP contribution in [0.4, 0.5) is 0 Å². The van der Waals surface area contributed by atoms with Crippen molar-refractivity contribution < 1.29 is 9.21 Å². The molecule has 1 aromatic heterocycles. The van der Waals surface area contributed by atoms with Gasteiger partial charge in [-0.3, -0.25) is 9.69 Å². The first kappa shape index (κ1) is 15.1. The van der Waals surface area contributed by atoms with Crippen molar-refractivity contribution in [3.05, 3.63) is 23.7 Å². The Morgan fingerprint density at radius 3 is 2.60 bits per heavy atom. The summed E-state index contributed by atoms with van der Waals surface area (Å²) in [5, 5.41) is 0. The molecule has 1 amide bonds. The van der Waals surface area contributed by atoms with Gasteiger partial charge in [0.05, 0.1) is 6.26 Å². The topological polar surface area (TPSA) is 62.7 Å². The molecule has 112 valence electrons. The number of hydrogen-bond donors (Lipinski definition) is 1. The van der Waals surface area contributed by atoms with E-state index in [-0.39, 0.29) is 5.91 Å². The van der Waals surface area contributed by atoms with Crippen molar-refractivity contribution in [2.45, 2.75) is 26.2 Å². The molecule has 0 spiro atoms. The third-order valence-corrected chi connectivity index (χ3v) is 3.89. The molecule has 0 radical (unpaired) electrons. The average Bonchev–Trinajstić information content (AvgIpc) is 2.90. The lowest BCUT2D eigenvalue weighted by Crippen LogP contribution is -2.48. The first-order chi connectivity index (χ1) is 9.72. The van der Waals surface area contributed by atoms with Gasteiger partial charge in [0, 0.05) is 31.7 Å². The molecule has 0 aromatic carbocycles. The van der Waals surface area contributed by atoms with E-state index >= 15 is 0 Å². The normalized spacial score (nSPS) is 16.6. The average molecular weight is 279 g/mol. The molecule has 2 heterocycles. The molecule has 1 aliphatic heterocycles. The van der Waals surface area contributed by atoms with Gasteiger partial charge < -0.3 is 15.1 Å². The Hall–Kier alpha value is -1.33. The molecule has 1 aliphatic rings. The molecule has 1 saturated heterocycles. The van der Waals surface area contributed by atoms with E-state index in [1.54, 1.807) is 6.26 Å². The molecule has 0 saturated carbocycles. The van der Waals surface area contributed by atoms with Crippen LogP contribution >= 0.6 is 0 Å².